The number of hydrogen-bond acceptors (Lipinski definition) is 4. The van der Waals surface area contributed by atoms with Crippen molar-refractivity contribution in [1.29, 1.82) is 0 Å². The number of anilines is 1. The van der Waals surface area contributed by atoms with Gasteiger partial charge in [0.15, 0.2) is 0 Å². The first-order valence-corrected chi connectivity index (χ1v) is 4.41. The Hall–Kier alpha value is -0.840. The molecule has 1 rings (SSSR count). The molecule has 4 nitrogen and oxygen atoms in total. The summed E-state index contributed by atoms with van der Waals surface area (Å²) in [4.78, 5) is 3.97. The lowest BCUT2D eigenvalue weighted by molar-refractivity contribution is 0.618. The van der Waals surface area contributed by atoms with Crippen LogP contribution in [0.4, 0.5) is 5.82 Å². The van der Waals surface area contributed by atoms with Crippen LogP contribution in [-0.4, -0.2) is 11.5 Å². The molecule has 0 radical (unpaired) electrons. The first kappa shape index (κ1) is 13.2. The van der Waals surface area contributed by atoms with E-state index in [0.717, 1.165) is 18.4 Å². The van der Waals surface area contributed by atoms with Gasteiger partial charge in [-0.25, -0.2) is 4.98 Å². The Morgan fingerprint density at radius 3 is 2.71 bits per heavy atom. The minimum atomic E-state index is -0.0442. The van der Waals surface area contributed by atoms with Crippen LogP contribution in [0.15, 0.2) is 18.3 Å². The second kappa shape index (κ2) is 6.59. The van der Waals surface area contributed by atoms with Gasteiger partial charge in [0, 0.05) is 17.8 Å². The molecule has 6 N–H and O–H groups in total. The largest absolute Gasteiger partial charge is 0.383 e. The predicted molar refractivity (Wildman–Crippen MR) is 61.1 cm³/mol. The molecule has 0 saturated heterocycles. The van der Waals surface area contributed by atoms with E-state index in [9.17, 15) is 0 Å². The lowest BCUT2D eigenvalue weighted by Crippen LogP contribution is -2.14. The lowest BCUT2D eigenvalue weighted by atomic mass is 10.0. The molecule has 14 heavy (non-hydrogen) atoms. The quantitative estimate of drug-likeness (QED) is 0.695. The Morgan fingerprint density at radius 2 is 2.14 bits per heavy atom. The minimum Gasteiger partial charge on any atom is -0.383 e. The summed E-state index contributed by atoms with van der Waals surface area (Å²) in [6.07, 6.45) is 3.43. The smallest absolute Gasteiger partial charge is 0.128 e. The van der Waals surface area contributed by atoms with Crippen molar-refractivity contribution in [3.63, 3.8) is 0 Å². The zero-order valence-corrected chi connectivity index (χ0v) is 8.83. The van der Waals surface area contributed by atoms with Crippen molar-refractivity contribution in [3.8, 4) is 0 Å². The van der Waals surface area contributed by atoms with Gasteiger partial charge in [0.1, 0.15) is 5.82 Å². The van der Waals surface area contributed by atoms with Crippen molar-refractivity contribution >= 4 is 18.2 Å². The Balaban J connectivity index is 0.00000169. The SMILES string of the molecule is Cl.NCCC[C@H](N)c1cccnc1N. The van der Waals surface area contributed by atoms with Crippen LogP contribution in [0.25, 0.3) is 0 Å². The van der Waals surface area contributed by atoms with E-state index in [1.165, 1.54) is 0 Å². The number of nitrogen functional groups attached to an aromatic ring is 1. The van der Waals surface area contributed by atoms with Crippen LogP contribution in [0.2, 0.25) is 0 Å². The van der Waals surface area contributed by atoms with E-state index in [1.54, 1.807) is 6.20 Å². The number of nitrogens with zero attached hydrogens (tertiary/aromatic N) is 1. The zero-order valence-electron chi connectivity index (χ0n) is 8.02. The van der Waals surface area contributed by atoms with Crippen LogP contribution < -0.4 is 17.2 Å². The fraction of sp³-hybridized carbons (Fsp3) is 0.444. The molecule has 0 aliphatic carbocycles. The van der Waals surface area contributed by atoms with E-state index in [2.05, 4.69) is 4.98 Å². The van der Waals surface area contributed by atoms with Gasteiger partial charge >= 0.3 is 0 Å². The standard InChI is InChI=1S/C9H16N4.ClH/c10-5-1-4-8(11)7-3-2-6-13-9(7)12;/h2-3,6,8H,1,4-5,10-11H2,(H2,12,13);1H/t8-;/m0./s1. The Labute approximate surface area is 90.3 Å². The van der Waals surface area contributed by atoms with Gasteiger partial charge in [0.2, 0.25) is 0 Å². The second-order valence-corrected chi connectivity index (χ2v) is 3.02. The van der Waals surface area contributed by atoms with Crippen molar-refractivity contribution in [3.05, 3.63) is 23.9 Å². The summed E-state index contributed by atoms with van der Waals surface area (Å²) in [6, 6.07) is 3.70. The average molecular weight is 217 g/mol. The number of nitrogens with two attached hydrogens (primary N) is 3. The molecule has 0 aliphatic heterocycles. The topological polar surface area (TPSA) is 91.0 Å². The average Bonchev–Trinajstić information content (AvgIpc) is 2.15. The molecule has 0 aromatic carbocycles. The van der Waals surface area contributed by atoms with Gasteiger partial charge in [-0.3, -0.25) is 0 Å². The molecular formula is C9H17ClN4. The minimum absolute atomic E-state index is 0. The molecule has 0 spiro atoms. The van der Waals surface area contributed by atoms with E-state index in [-0.39, 0.29) is 18.4 Å². The fourth-order valence-corrected chi connectivity index (χ4v) is 1.24. The van der Waals surface area contributed by atoms with Crippen LogP contribution in [0.1, 0.15) is 24.4 Å². The van der Waals surface area contributed by atoms with E-state index in [4.69, 9.17) is 17.2 Å². The molecule has 0 amide bonds. The molecule has 1 heterocycles. The van der Waals surface area contributed by atoms with Gasteiger partial charge in [-0.1, -0.05) is 6.07 Å². The van der Waals surface area contributed by atoms with Crippen molar-refractivity contribution in [2.75, 3.05) is 12.3 Å². The molecule has 0 saturated carbocycles. The summed E-state index contributed by atoms with van der Waals surface area (Å²) < 4.78 is 0. The van der Waals surface area contributed by atoms with E-state index >= 15 is 0 Å². The molecule has 0 unspecified atom stereocenters. The van der Waals surface area contributed by atoms with Crippen molar-refractivity contribution in [1.82, 2.24) is 4.98 Å². The second-order valence-electron chi connectivity index (χ2n) is 3.02. The van der Waals surface area contributed by atoms with Gasteiger partial charge in [-0.2, -0.15) is 0 Å². The summed E-state index contributed by atoms with van der Waals surface area (Å²) in [6.45, 7) is 0.661. The molecule has 1 aromatic heterocycles. The first-order chi connectivity index (χ1) is 6.25. The van der Waals surface area contributed by atoms with Crippen LogP contribution in [0, 0.1) is 0 Å². The van der Waals surface area contributed by atoms with Gasteiger partial charge in [0.05, 0.1) is 0 Å². The molecule has 1 aromatic rings. The number of hydrogen-bond donors (Lipinski definition) is 3. The van der Waals surface area contributed by atoms with Crippen molar-refractivity contribution < 1.29 is 0 Å². The van der Waals surface area contributed by atoms with Crippen LogP contribution in [-0.2, 0) is 0 Å². The van der Waals surface area contributed by atoms with E-state index in [1.807, 2.05) is 12.1 Å². The summed E-state index contributed by atoms with van der Waals surface area (Å²) in [5, 5.41) is 0. The highest BCUT2D eigenvalue weighted by Crippen LogP contribution is 2.19. The van der Waals surface area contributed by atoms with E-state index < -0.39 is 0 Å². The summed E-state index contributed by atoms with van der Waals surface area (Å²) in [7, 11) is 0. The Kier molecular flexibility index (Phi) is 6.19. The van der Waals surface area contributed by atoms with Gasteiger partial charge < -0.3 is 17.2 Å². The molecule has 0 aliphatic rings. The summed E-state index contributed by atoms with van der Waals surface area (Å²) in [5.41, 5.74) is 17.9. The third-order valence-electron chi connectivity index (χ3n) is 1.99. The number of aromatic nitrogens is 1. The van der Waals surface area contributed by atoms with Crippen LogP contribution in [0.5, 0.6) is 0 Å². The van der Waals surface area contributed by atoms with Crippen molar-refractivity contribution in [2.24, 2.45) is 11.5 Å². The van der Waals surface area contributed by atoms with E-state index in [0.29, 0.717) is 12.4 Å². The first-order valence-electron chi connectivity index (χ1n) is 4.41. The summed E-state index contributed by atoms with van der Waals surface area (Å²) >= 11 is 0. The molecule has 5 heteroatoms. The fourth-order valence-electron chi connectivity index (χ4n) is 1.24. The highest BCUT2D eigenvalue weighted by molar-refractivity contribution is 5.85. The molecule has 1 atom stereocenters. The summed E-state index contributed by atoms with van der Waals surface area (Å²) in [5.74, 6) is 0.520. The molecular weight excluding hydrogens is 200 g/mol. The maximum absolute atomic E-state index is 5.91. The Morgan fingerprint density at radius 1 is 1.43 bits per heavy atom. The van der Waals surface area contributed by atoms with Gasteiger partial charge in [0.25, 0.3) is 0 Å². The highest BCUT2D eigenvalue weighted by atomic mass is 35.5. The number of pyridine rings is 1. The third-order valence-corrected chi connectivity index (χ3v) is 1.99. The predicted octanol–water partition coefficient (Wildman–Crippen LogP) is 0.824. The lowest BCUT2D eigenvalue weighted by Gasteiger charge is -2.12. The highest BCUT2D eigenvalue weighted by Gasteiger charge is 2.08. The van der Waals surface area contributed by atoms with Gasteiger partial charge in [-0.15, -0.1) is 12.4 Å². The maximum Gasteiger partial charge on any atom is 0.128 e. The monoisotopic (exact) mass is 216 g/mol. The van der Waals surface area contributed by atoms with Crippen LogP contribution in [0.3, 0.4) is 0 Å². The zero-order chi connectivity index (χ0) is 9.68. The molecule has 0 bridgehead atoms. The number of halogens is 1. The maximum atomic E-state index is 5.91. The normalized spacial score (nSPS) is 11.9. The molecule has 80 valence electrons. The Bertz CT molecular complexity index is 267. The van der Waals surface area contributed by atoms with Crippen molar-refractivity contribution in [2.45, 2.75) is 18.9 Å². The number of rotatable bonds is 4. The van der Waals surface area contributed by atoms with Crippen LogP contribution >= 0.6 is 12.4 Å². The molecule has 0 fully saturated rings. The van der Waals surface area contributed by atoms with Gasteiger partial charge in [-0.05, 0) is 25.5 Å². The third kappa shape index (κ3) is 3.49.